The van der Waals surface area contributed by atoms with E-state index in [-0.39, 0.29) is 58.5 Å². The van der Waals surface area contributed by atoms with E-state index in [1.54, 1.807) is 0 Å². The summed E-state index contributed by atoms with van der Waals surface area (Å²) in [6, 6.07) is 8.61. The molecule has 0 unspecified atom stereocenters. The van der Waals surface area contributed by atoms with Gasteiger partial charge in [0, 0.05) is 6.42 Å². The van der Waals surface area contributed by atoms with Gasteiger partial charge in [-0.15, -0.1) is 0 Å². The monoisotopic (exact) mass is 356 g/mol. The molecule has 0 aliphatic heterocycles. The Labute approximate surface area is 151 Å². The van der Waals surface area contributed by atoms with E-state index in [1.165, 1.54) is 43.3 Å². The predicted octanol–water partition coefficient (Wildman–Crippen LogP) is 4.03. The summed E-state index contributed by atoms with van der Waals surface area (Å²) in [5.74, 6) is -1.70. The van der Waals surface area contributed by atoms with Crippen LogP contribution in [0.15, 0.2) is 36.4 Å². The first-order valence-electron chi connectivity index (χ1n) is 8.22. The number of carbonyl (C=O) groups excluding carboxylic acids is 3. The van der Waals surface area contributed by atoms with Gasteiger partial charge in [-0.2, -0.15) is 0 Å². The first kappa shape index (κ1) is 19.2. The van der Waals surface area contributed by atoms with Crippen LogP contribution in [0.25, 0.3) is 0 Å². The van der Waals surface area contributed by atoms with Crippen molar-refractivity contribution in [2.45, 2.75) is 33.1 Å². The maximum absolute atomic E-state index is 12.3. The van der Waals surface area contributed by atoms with Crippen molar-refractivity contribution < 1.29 is 29.3 Å². The van der Waals surface area contributed by atoms with Gasteiger partial charge in [0.05, 0.1) is 6.42 Å². The van der Waals surface area contributed by atoms with Crippen molar-refractivity contribution in [3.8, 4) is 23.0 Å². The molecule has 0 spiro atoms. The molecule has 0 saturated heterocycles. The third-order valence-corrected chi connectivity index (χ3v) is 3.67. The SMILES string of the molecule is CCCC(=O)c1c(O)cccc1Oc1cccc(O)c1C(=O)CC(C)=O. The molecule has 6 heteroatoms. The summed E-state index contributed by atoms with van der Waals surface area (Å²) < 4.78 is 5.70. The van der Waals surface area contributed by atoms with Crippen LogP contribution in [0.4, 0.5) is 0 Å². The molecule has 6 nitrogen and oxygen atoms in total. The maximum atomic E-state index is 12.3. The van der Waals surface area contributed by atoms with Gasteiger partial charge in [0.2, 0.25) is 0 Å². The molecule has 26 heavy (non-hydrogen) atoms. The zero-order chi connectivity index (χ0) is 19.3. The minimum Gasteiger partial charge on any atom is -0.507 e. The molecule has 0 aliphatic carbocycles. The lowest BCUT2D eigenvalue weighted by Crippen LogP contribution is -2.08. The van der Waals surface area contributed by atoms with Gasteiger partial charge in [-0.1, -0.05) is 19.1 Å². The molecule has 0 fully saturated rings. The minimum absolute atomic E-state index is 0.00685. The molecule has 0 amide bonds. The molecular formula is C20H20O6. The lowest BCUT2D eigenvalue weighted by molar-refractivity contribution is -0.116. The third kappa shape index (κ3) is 4.27. The van der Waals surface area contributed by atoms with Crippen molar-refractivity contribution in [1.29, 1.82) is 0 Å². The molecule has 2 aromatic rings. The Morgan fingerprint density at radius 3 is 1.85 bits per heavy atom. The summed E-state index contributed by atoms with van der Waals surface area (Å²) in [5, 5.41) is 20.1. The molecule has 2 rings (SSSR count). The van der Waals surface area contributed by atoms with Crippen LogP contribution in [0.1, 0.15) is 53.8 Å². The fraction of sp³-hybridized carbons (Fsp3) is 0.250. The molecule has 0 saturated carbocycles. The van der Waals surface area contributed by atoms with E-state index < -0.39 is 5.78 Å². The molecule has 0 heterocycles. The van der Waals surface area contributed by atoms with Crippen LogP contribution in [-0.2, 0) is 4.79 Å². The standard InChI is InChI=1S/C20H20O6/c1-3-6-13(22)19-14(23)7-4-9-17(19)26-18-10-5-8-15(24)20(18)16(25)11-12(2)21/h4-5,7-10,23-24H,3,6,11H2,1-2H3. The quantitative estimate of drug-likeness (QED) is 0.547. The van der Waals surface area contributed by atoms with Gasteiger partial charge in [0.15, 0.2) is 11.6 Å². The Kier molecular flexibility index (Phi) is 6.11. The molecule has 0 bridgehead atoms. The summed E-state index contributed by atoms with van der Waals surface area (Å²) in [4.78, 5) is 35.9. The van der Waals surface area contributed by atoms with Crippen LogP contribution >= 0.6 is 0 Å². The van der Waals surface area contributed by atoms with Crippen molar-refractivity contribution in [1.82, 2.24) is 0 Å². The number of ether oxygens (including phenoxy) is 1. The average Bonchev–Trinajstić information content (AvgIpc) is 2.54. The first-order valence-corrected chi connectivity index (χ1v) is 8.22. The summed E-state index contributed by atoms with van der Waals surface area (Å²) in [7, 11) is 0. The highest BCUT2D eigenvalue weighted by Crippen LogP contribution is 2.36. The second kappa shape index (κ2) is 8.29. The van der Waals surface area contributed by atoms with Crippen molar-refractivity contribution >= 4 is 17.3 Å². The van der Waals surface area contributed by atoms with Crippen LogP contribution in [0.2, 0.25) is 0 Å². The van der Waals surface area contributed by atoms with Gasteiger partial charge >= 0.3 is 0 Å². The number of hydrogen-bond acceptors (Lipinski definition) is 6. The Morgan fingerprint density at radius 2 is 1.38 bits per heavy atom. The number of rotatable bonds is 8. The molecular weight excluding hydrogens is 336 g/mol. The fourth-order valence-corrected chi connectivity index (χ4v) is 2.55. The van der Waals surface area contributed by atoms with E-state index in [2.05, 4.69) is 0 Å². The highest BCUT2D eigenvalue weighted by molar-refractivity contribution is 6.10. The number of aromatic hydroxyl groups is 2. The molecule has 0 radical (unpaired) electrons. The highest BCUT2D eigenvalue weighted by Gasteiger charge is 2.22. The predicted molar refractivity (Wildman–Crippen MR) is 95.2 cm³/mol. The average molecular weight is 356 g/mol. The van der Waals surface area contributed by atoms with Crippen molar-refractivity contribution in [2.24, 2.45) is 0 Å². The van der Waals surface area contributed by atoms with Crippen molar-refractivity contribution in [3.63, 3.8) is 0 Å². The van der Waals surface area contributed by atoms with Crippen LogP contribution in [-0.4, -0.2) is 27.6 Å². The smallest absolute Gasteiger partial charge is 0.177 e. The Hall–Kier alpha value is -3.15. The van der Waals surface area contributed by atoms with Crippen LogP contribution in [0.3, 0.4) is 0 Å². The Balaban J connectivity index is 2.49. The number of Topliss-reactive ketones (excluding diaryl/α,β-unsaturated/α-hetero) is 3. The summed E-state index contributed by atoms with van der Waals surface area (Å²) in [6.07, 6.45) is 0.445. The van der Waals surface area contributed by atoms with E-state index in [0.717, 1.165) is 0 Å². The normalized spacial score (nSPS) is 10.4. The molecule has 0 aliphatic rings. The maximum Gasteiger partial charge on any atom is 0.177 e. The Bertz CT molecular complexity index is 853. The minimum atomic E-state index is -0.591. The summed E-state index contributed by atoms with van der Waals surface area (Å²) in [5.41, 5.74) is -0.123. The molecule has 2 N–H and O–H groups in total. The zero-order valence-electron chi connectivity index (χ0n) is 14.6. The number of phenols is 2. The largest absolute Gasteiger partial charge is 0.507 e. The number of hydrogen-bond donors (Lipinski definition) is 2. The summed E-state index contributed by atoms with van der Waals surface area (Å²) >= 11 is 0. The number of carbonyl (C=O) groups is 3. The van der Waals surface area contributed by atoms with Gasteiger partial charge in [-0.3, -0.25) is 14.4 Å². The molecule has 0 atom stereocenters. The second-order valence-corrected chi connectivity index (χ2v) is 5.88. The van der Waals surface area contributed by atoms with Gasteiger partial charge in [-0.05, 0) is 37.6 Å². The van der Waals surface area contributed by atoms with Gasteiger partial charge in [-0.25, -0.2) is 0 Å². The fourth-order valence-electron chi connectivity index (χ4n) is 2.55. The molecule has 136 valence electrons. The van der Waals surface area contributed by atoms with E-state index in [1.807, 2.05) is 6.92 Å². The van der Waals surface area contributed by atoms with Crippen LogP contribution in [0, 0.1) is 0 Å². The number of phenolic OH excluding ortho intramolecular Hbond substituents is 2. The van der Waals surface area contributed by atoms with Crippen LogP contribution < -0.4 is 4.74 Å². The van der Waals surface area contributed by atoms with Crippen molar-refractivity contribution in [2.75, 3.05) is 0 Å². The lowest BCUT2D eigenvalue weighted by atomic mass is 10.0. The first-order chi connectivity index (χ1) is 12.3. The van der Waals surface area contributed by atoms with E-state index in [9.17, 15) is 24.6 Å². The summed E-state index contributed by atoms with van der Waals surface area (Å²) in [6.45, 7) is 3.11. The second-order valence-electron chi connectivity index (χ2n) is 5.88. The van der Waals surface area contributed by atoms with E-state index in [0.29, 0.717) is 6.42 Å². The number of benzene rings is 2. The Morgan fingerprint density at radius 1 is 0.885 bits per heavy atom. The number of ketones is 3. The third-order valence-electron chi connectivity index (χ3n) is 3.67. The molecule has 2 aromatic carbocycles. The van der Waals surface area contributed by atoms with Crippen LogP contribution in [0.5, 0.6) is 23.0 Å². The topological polar surface area (TPSA) is 101 Å². The highest BCUT2D eigenvalue weighted by atomic mass is 16.5. The molecule has 0 aromatic heterocycles. The zero-order valence-corrected chi connectivity index (χ0v) is 14.6. The lowest BCUT2D eigenvalue weighted by Gasteiger charge is -2.15. The van der Waals surface area contributed by atoms with E-state index in [4.69, 9.17) is 4.74 Å². The van der Waals surface area contributed by atoms with E-state index >= 15 is 0 Å². The van der Waals surface area contributed by atoms with Crippen molar-refractivity contribution in [3.05, 3.63) is 47.5 Å². The van der Waals surface area contributed by atoms with Gasteiger partial charge in [0.25, 0.3) is 0 Å². The van der Waals surface area contributed by atoms with Gasteiger partial charge in [0.1, 0.15) is 39.9 Å². The van der Waals surface area contributed by atoms with Gasteiger partial charge < -0.3 is 14.9 Å².